The summed E-state index contributed by atoms with van der Waals surface area (Å²) in [6.45, 7) is 0.320. The van der Waals surface area contributed by atoms with Crippen molar-refractivity contribution in [2.45, 2.75) is 44.4 Å². The summed E-state index contributed by atoms with van der Waals surface area (Å²) in [5.74, 6) is -0.0685. The van der Waals surface area contributed by atoms with Gasteiger partial charge in [-0.05, 0) is 37.3 Å². The average molecular weight is 267 g/mol. The van der Waals surface area contributed by atoms with Crippen LogP contribution in [0.2, 0.25) is 0 Å². The first-order valence-corrected chi connectivity index (χ1v) is 6.46. The predicted octanol–water partition coefficient (Wildman–Crippen LogP) is 1.87. The fraction of sp³-hybridized carbons (Fsp3) is 0.538. The highest BCUT2D eigenvalue weighted by Crippen LogP contribution is 2.20. The number of nitrogens with one attached hydrogen (secondary N) is 2. The summed E-state index contributed by atoms with van der Waals surface area (Å²) < 4.78 is 12.9. The summed E-state index contributed by atoms with van der Waals surface area (Å²) in [6, 6.07) is 3.00. The topological polar surface area (TPSA) is 74.2 Å². The van der Waals surface area contributed by atoms with Crippen molar-refractivity contribution < 1.29 is 14.3 Å². The number of urea groups is 1. The molecule has 2 rings (SSSR count). The molecule has 1 aromatic heterocycles. The molecule has 3 N–H and O–H groups in total. The van der Waals surface area contributed by atoms with Crippen LogP contribution in [0.5, 0.6) is 5.88 Å². The number of carbonyl (C=O) groups excluding carboxylic acids is 1. The van der Waals surface area contributed by atoms with Gasteiger partial charge in [-0.3, -0.25) is 0 Å². The third-order valence-corrected chi connectivity index (χ3v) is 3.25. The first-order chi connectivity index (χ1) is 9.13. The van der Waals surface area contributed by atoms with Crippen molar-refractivity contribution >= 4 is 6.03 Å². The maximum Gasteiger partial charge on any atom is 0.315 e. The van der Waals surface area contributed by atoms with Crippen LogP contribution in [0.4, 0.5) is 9.18 Å². The van der Waals surface area contributed by atoms with Gasteiger partial charge in [0.05, 0.1) is 0 Å². The van der Waals surface area contributed by atoms with E-state index in [1.165, 1.54) is 12.3 Å². The molecule has 0 aromatic carbocycles. The van der Waals surface area contributed by atoms with Gasteiger partial charge in [0.2, 0.25) is 5.88 Å². The van der Waals surface area contributed by atoms with Gasteiger partial charge in [-0.25, -0.2) is 14.2 Å². The van der Waals surface area contributed by atoms with E-state index in [1.807, 2.05) is 0 Å². The van der Waals surface area contributed by atoms with Crippen LogP contribution in [0.3, 0.4) is 0 Å². The van der Waals surface area contributed by atoms with Gasteiger partial charge in [0.1, 0.15) is 6.17 Å². The molecule has 0 aliphatic heterocycles. The minimum atomic E-state index is -0.721. The molecule has 5 nitrogen and oxygen atoms in total. The number of aromatic hydroxyl groups is 1. The minimum Gasteiger partial charge on any atom is -0.493 e. The van der Waals surface area contributed by atoms with Crippen molar-refractivity contribution in [3.05, 3.63) is 23.9 Å². The fourth-order valence-corrected chi connectivity index (χ4v) is 2.19. The van der Waals surface area contributed by atoms with Crippen LogP contribution in [-0.2, 0) is 6.54 Å². The Hall–Kier alpha value is -1.85. The molecule has 1 fully saturated rings. The summed E-state index contributed by atoms with van der Waals surface area (Å²) in [4.78, 5) is 15.3. The maximum atomic E-state index is 12.9. The highest BCUT2D eigenvalue weighted by Gasteiger charge is 2.21. The fourth-order valence-electron chi connectivity index (χ4n) is 2.19. The number of amides is 2. The van der Waals surface area contributed by atoms with Crippen molar-refractivity contribution in [3.63, 3.8) is 0 Å². The van der Waals surface area contributed by atoms with Crippen molar-refractivity contribution in [3.8, 4) is 5.88 Å². The lowest BCUT2D eigenvalue weighted by molar-refractivity contribution is 0.207. The predicted molar refractivity (Wildman–Crippen MR) is 68.4 cm³/mol. The first-order valence-electron chi connectivity index (χ1n) is 6.46. The van der Waals surface area contributed by atoms with E-state index in [0.717, 1.165) is 5.56 Å². The number of alkyl halides is 1. The summed E-state index contributed by atoms with van der Waals surface area (Å²) in [7, 11) is 0. The number of aromatic nitrogens is 1. The van der Waals surface area contributed by atoms with E-state index in [0.29, 0.717) is 32.2 Å². The van der Waals surface area contributed by atoms with E-state index in [9.17, 15) is 14.3 Å². The SMILES string of the molecule is O=C(NCc1ccnc(O)c1)NC1CCC(F)CC1. The van der Waals surface area contributed by atoms with Gasteiger partial charge in [0.15, 0.2) is 0 Å². The van der Waals surface area contributed by atoms with Crippen LogP contribution in [0.1, 0.15) is 31.2 Å². The molecule has 0 spiro atoms. The summed E-state index contributed by atoms with van der Waals surface area (Å²) >= 11 is 0. The van der Waals surface area contributed by atoms with Crippen LogP contribution >= 0.6 is 0 Å². The van der Waals surface area contributed by atoms with Crippen LogP contribution in [0, 0.1) is 0 Å². The molecule has 1 aromatic rings. The second kappa shape index (κ2) is 6.36. The Kier molecular flexibility index (Phi) is 4.54. The molecule has 19 heavy (non-hydrogen) atoms. The van der Waals surface area contributed by atoms with E-state index >= 15 is 0 Å². The Morgan fingerprint density at radius 2 is 2.16 bits per heavy atom. The van der Waals surface area contributed by atoms with Crippen LogP contribution in [0.25, 0.3) is 0 Å². The Morgan fingerprint density at radius 3 is 2.84 bits per heavy atom. The van der Waals surface area contributed by atoms with Crippen LogP contribution < -0.4 is 10.6 Å². The number of pyridine rings is 1. The molecule has 2 amide bonds. The van der Waals surface area contributed by atoms with E-state index in [2.05, 4.69) is 15.6 Å². The first kappa shape index (κ1) is 13.6. The van der Waals surface area contributed by atoms with Gasteiger partial charge in [0, 0.05) is 24.8 Å². The van der Waals surface area contributed by atoms with Gasteiger partial charge in [-0.1, -0.05) is 0 Å². The van der Waals surface area contributed by atoms with Gasteiger partial charge in [-0.2, -0.15) is 0 Å². The second-order valence-corrected chi connectivity index (χ2v) is 4.80. The highest BCUT2D eigenvalue weighted by molar-refractivity contribution is 5.74. The molecule has 1 aliphatic carbocycles. The molecule has 0 atom stereocenters. The third kappa shape index (κ3) is 4.39. The smallest absolute Gasteiger partial charge is 0.315 e. The van der Waals surface area contributed by atoms with Crippen LogP contribution in [0.15, 0.2) is 18.3 Å². The molecule has 0 saturated heterocycles. The molecule has 6 heteroatoms. The van der Waals surface area contributed by atoms with Gasteiger partial charge in [0.25, 0.3) is 0 Å². The molecule has 1 saturated carbocycles. The number of hydrogen-bond acceptors (Lipinski definition) is 3. The monoisotopic (exact) mass is 267 g/mol. The minimum absolute atomic E-state index is 0.0536. The lowest BCUT2D eigenvalue weighted by Crippen LogP contribution is -2.43. The molecule has 1 heterocycles. The van der Waals surface area contributed by atoms with Gasteiger partial charge < -0.3 is 15.7 Å². The standard InChI is InChI=1S/C13H18FN3O2/c14-10-1-3-11(4-2-10)17-13(19)16-8-9-5-6-15-12(18)7-9/h5-7,10-11H,1-4,8H2,(H,15,18)(H2,16,17,19). The average Bonchev–Trinajstić information content (AvgIpc) is 2.39. The number of hydrogen-bond donors (Lipinski definition) is 3. The Morgan fingerprint density at radius 1 is 1.42 bits per heavy atom. The number of rotatable bonds is 3. The zero-order valence-electron chi connectivity index (χ0n) is 10.6. The maximum absolute atomic E-state index is 12.9. The molecule has 0 bridgehead atoms. The summed E-state index contributed by atoms with van der Waals surface area (Å²) in [6.07, 6.45) is 3.16. The Balaban J connectivity index is 1.73. The van der Waals surface area contributed by atoms with Crippen molar-refractivity contribution in [1.29, 1.82) is 0 Å². The molecule has 0 unspecified atom stereocenters. The Labute approximate surface area is 111 Å². The van der Waals surface area contributed by atoms with Crippen molar-refractivity contribution in [2.75, 3.05) is 0 Å². The molecule has 1 aliphatic rings. The normalized spacial score (nSPS) is 22.8. The van der Waals surface area contributed by atoms with E-state index in [4.69, 9.17) is 0 Å². The van der Waals surface area contributed by atoms with E-state index < -0.39 is 6.17 Å². The molecule has 104 valence electrons. The van der Waals surface area contributed by atoms with Gasteiger partial charge >= 0.3 is 6.03 Å². The molecular weight excluding hydrogens is 249 g/mol. The molecular formula is C13H18FN3O2. The Bertz CT molecular complexity index is 434. The number of carbonyl (C=O) groups is 1. The largest absolute Gasteiger partial charge is 0.493 e. The zero-order chi connectivity index (χ0) is 13.7. The summed E-state index contributed by atoms with van der Waals surface area (Å²) in [5, 5.41) is 14.7. The highest BCUT2D eigenvalue weighted by atomic mass is 19.1. The van der Waals surface area contributed by atoms with Crippen molar-refractivity contribution in [1.82, 2.24) is 15.6 Å². The van der Waals surface area contributed by atoms with Crippen LogP contribution in [-0.4, -0.2) is 28.3 Å². The quantitative estimate of drug-likeness (QED) is 0.782. The zero-order valence-corrected chi connectivity index (χ0v) is 10.6. The number of halogens is 1. The van der Waals surface area contributed by atoms with Crippen molar-refractivity contribution in [2.24, 2.45) is 0 Å². The summed E-state index contributed by atoms with van der Waals surface area (Å²) in [5.41, 5.74) is 0.773. The molecule has 0 radical (unpaired) electrons. The lowest BCUT2D eigenvalue weighted by Gasteiger charge is -2.25. The van der Waals surface area contributed by atoms with E-state index in [1.54, 1.807) is 6.07 Å². The number of nitrogens with zero attached hydrogens (tertiary/aromatic N) is 1. The van der Waals surface area contributed by atoms with Gasteiger partial charge in [-0.15, -0.1) is 0 Å². The third-order valence-electron chi connectivity index (χ3n) is 3.25. The van der Waals surface area contributed by atoms with E-state index in [-0.39, 0.29) is 18.0 Å². The lowest BCUT2D eigenvalue weighted by atomic mass is 9.94. The second-order valence-electron chi connectivity index (χ2n) is 4.80.